The molecule has 0 aliphatic rings. The summed E-state index contributed by atoms with van der Waals surface area (Å²) >= 11 is 5.57. The molecule has 1 aromatic rings. The molecule has 0 bridgehead atoms. The van der Waals surface area contributed by atoms with Crippen LogP contribution in [-0.4, -0.2) is 16.0 Å². The van der Waals surface area contributed by atoms with E-state index in [1.807, 2.05) is 0 Å². The second kappa shape index (κ2) is 4.23. The number of rotatable bonds is 3. The lowest BCUT2D eigenvalue weighted by atomic mass is 10.4. The van der Waals surface area contributed by atoms with Gasteiger partial charge in [0.2, 0.25) is 0 Å². The molecule has 76 valence electrons. The minimum Gasteiger partial charge on any atom is -0.470 e. The predicted molar refractivity (Wildman–Crippen MR) is 51.7 cm³/mol. The van der Waals surface area contributed by atoms with Crippen LogP contribution in [0.1, 0.15) is 13.8 Å². The first-order chi connectivity index (χ1) is 6.50. The molecule has 0 radical (unpaired) electrons. The van der Waals surface area contributed by atoms with Gasteiger partial charge in [0.05, 0.1) is 22.2 Å². The third-order valence-corrected chi connectivity index (χ3v) is 1.55. The van der Waals surface area contributed by atoms with E-state index in [1.54, 1.807) is 13.8 Å². The molecule has 0 unspecified atom stereocenters. The van der Waals surface area contributed by atoms with Crippen molar-refractivity contribution in [2.75, 3.05) is 0 Å². The Kier molecular flexibility index (Phi) is 3.24. The Balaban J connectivity index is 3.08. The number of nitro groups is 1. The summed E-state index contributed by atoms with van der Waals surface area (Å²) < 4.78 is 5.15. The van der Waals surface area contributed by atoms with Crippen molar-refractivity contribution in [1.29, 1.82) is 0 Å². The van der Waals surface area contributed by atoms with Crippen LogP contribution >= 0.6 is 11.6 Å². The van der Waals surface area contributed by atoms with Crippen molar-refractivity contribution in [1.82, 2.24) is 4.98 Å². The van der Waals surface area contributed by atoms with Gasteiger partial charge in [0, 0.05) is 6.07 Å². The molecule has 0 aromatic carbocycles. The minimum absolute atomic E-state index is 0.00519. The predicted octanol–water partition coefficient (Wildman–Crippen LogP) is 2.43. The zero-order valence-electron chi connectivity index (χ0n) is 7.73. The van der Waals surface area contributed by atoms with Gasteiger partial charge < -0.3 is 4.74 Å². The van der Waals surface area contributed by atoms with E-state index in [9.17, 15) is 10.1 Å². The fraction of sp³-hybridized carbons (Fsp3) is 0.375. The number of hydrogen-bond donors (Lipinski definition) is 0. The summed E-state index contributed by atoms with van der Waals surface area (Å²) in [6.07, 6.45) is 1.15. The van der Waals surface area contributed by atoms with E-state index >= 15 is 0 Å². The highest BCUT2D eigenvalue weighted by atomic mass is 35.5. The van der Waals surface area contributed by atoms with E-state index in [-0.39, 0.29) is 22.7 Å². The average Bonchev–Trinajstić information content (AvgIpc) is 2.07. The van der Waals surface area contributed by atoms with Crippen molar-refractivity contribution in [3.63, 3.8) is 0 Å². The Bertz CT molecular complexity index is 354. The second-order valence-electron chi connectivity index (χ2n) is 2.90. The van der Waals surface area contributed by atoms with Gasteiger partial charge in [0.25, 0.3) is 5.88 Å². The zero-order valence-corrected chi connectivity index (χ0v) is 8.49. The van der Waals surface area contributed by atoms with Crippen LogP contribution < -0.4 is 4.74 Å². The molecule has 1 heterocycles. The van der Waals surface area contributed by atoms with Crippen LogP contribution in [0.25, 0.3) is 0 Å². The molecule has 1 aromatic heterocycles. The van der Waals surface area contributed by atoms with Crippen LogP contribution in [0.15, 0.2) is 12.3 Å². The van der Waals surface area contributed by atoms with Crippen LogP contribution in [0.2, 0.25) is 5.02 Å². The Labute approximate surface area is 85.8 Å². The summed E-state index contributed by atoms with van der Waals surface area (Å²) in [6, 6.07) is 1.21. The van der Waals surface area contributed by atoms with E-state index in [0.717, 1.165) is 0 Å². The first kappa shape index (κ1) is 10.7. The molecule has 0 atom stereocenters. The van der Waals surface area contributed by atoms with Crippen molar-refractivity contribution in [2.24, 2.45) is 0 Å². The summed E-state index contributed by atoms with van der Waals surface area (Å²) in [5, 5.41) is 10.8. The SMILES string of the molecule is CC(C)Oc1ncc(Cl)cc1[N+](=O)[O-]. The van der Waals surface area contributed by atoms with Crippen LogP contribution in [0.4, 0.5) is 5.69 Å². The maximum absolute atomic E-state index is 10.6. The smallest absolute Gasteiger partial charge is 0.332 e. The normalized spacial score (nSPS) is 10.3. The molecule has 5 nitrogen and oxygen atoms in total. The van der Waals surface area contributed by atoms with Crippen molar-refractivity contribution in [2.45, 2.75) is 20.0 Å². The van der Waals surface area contributed by atoms with Gasteiger partial charge in [-0.05, 0) is 13.8 Å². The van der Waals surface area contributed by atoms with E-state index in [0.29, 0.717) is 0 Å². The highest BCUT2D eigenvalue weighted by molar-refractivity contribution is 6.30. The van der Waals surface area contributed by atoms with Gasteiger partial charge in [-0.3, -0.25) is 10.1 Å². The van der Waals surface area contributed by atoms with Gasteiger partial charge in [-0.2, -0.15) is 0 Å². The highest BCUT2D eigenvalue weighted by Crippen LogP contribution is 2.27. The van der Waals surface area contributed by atoms with E-state index in [4.69, 9.17) is 16.3 Å². The fourth-order valence-corrected chi connectivity index (χ4v) is 1.01. The van der Waals surface area contributed by atoms with E-state index in [1.165, 1.54) is 12.3 Å². The van der Waals surface area contributed by atoms with Crippen LogP contribution in [0.5, 0.6) is 5.88 Å². The Morgan fingerprint density at radius 1 is 1.64 bits per heavy atom. The summed E-state index contributed by atoms with van der Waals surface area (Å²) in [5.74, 6) is -0.00519. The van der Waals surface area contributed by atoms with Gasteiger partial charge in [0.1, 0.15) is 0 Å². The summed E-state index contributed by atoms with van der Waals surface area (Å²) in [7, 11) is 0. The maximum Gasteiger partial charge on any atom is 0.332 e. The van der Waals surface area contributed by atoms with Gasteiger partial charge in [-0.15, -0.1) is 0 Å². The van der Waals surface area contributed by atoms with E-state index in [2.05, 4.69) is 4.98 Å². The lowest BCUT2D eigenvalue weighted by Gasteiger charge is -2.08. The topological polar surface area (TPSA) is 65.3 Å². The Morgan fingerprint density at radius 3 is 2.79 bits per heavy atom. The summed E-state index contributed by atoms with van der Waals surface area (Å²) in [4.78, 5) is 13.8. The van der Waals surface area contributed by atoms with Crippen molar-refractivity contribution >= 4 is 17.3 Å². The molecule has 0 saturated carbocycles. The molecular weight excluding hydrogens is 208 g/mol. The van der Waals surface area contributed by atoms with Crippen molar-refractivity contribution < 1.29 is 9.66 Å². The van der Waals surface area contributed by atoms with Gasteiger partial charge >= 0.3 is 5.69 Å². The molecule has 6 heteroatoms. The quantitative estimate of drug-likeness (QED) is 0.575. The first-order valence-corrected chi connectivity index (χ1v) is 4.35. The minimum atomic E-state index is -0.573. The summed E-state index contributed by atoms with van der Waals surface area (Å²) in [6.45, 7) is 3.53. The number of hydrogen-bond acceptors (Lipinski definition) is 4. The number of nitrogens with zero attached hydrogens (tertiary/aromatic N) is 2. The third kappa shape index (κ3) is 2.56. The first-order valence-electron chi connectivity index (χ1n) is 3.97. The fourth-order valence-electron chi connectivity index (χ4n) is 0.861. The monoisotopic (exact) mass is 216 g/mol. The lowest BCUT2D eigenvalue weighted by Crippen LogP contribution is -2.08. The number of halogens is 1. The molecule has 0 fully saturated rings. The van der Waals surface area contributed by atoms with Gasteiger partial charge in [0.15, 0.2) is 0 Å². The number of ether oxygens (including phenoxy) is 1. The largest absolute Gasteiger partial charge is 0.470 e. The van der Waals surface area contributed by atoms with Crippen LogP contribution in [-0.2, 0) is 0 Å². The van der Waals surface area contributed by atoms with Crippen molar-refractivity contribution in [3.8, 4) is 5.88 Å². The highest BCUT2D eigenvalue weighted by Gasteiger charge is 2.18. The number of aromatic nitrogens is 1. The third-order valence-electron chi connectivity index (χ3n) is 1.34. The molecule has 1 rings (SSSR count). The Morgan fingerprint density at radius 2 is 2.29 bits per heavy atom. The summed E-state index contributed by atoms with van der Waals surface area (Å²) in [5.41, 5.74) is -0.216. The standard InChI is InChI=1S/C8H9ClN2O3/c1-5(2)14-8-7(11(12)13)3-6(9)4-10-8/h3-5H,1-2H3. The van der Waals surface area contributed by atoms with Crippen LogP contribution in [0, 0.1) is 10.1 Å². The van der Waals surface area contributed by atoms with Crippen LogP contribution in [0.3, 0.4) is 0 Å². The second-order valence-corrected chi connectivity index (χ2v) is 3.34. The Hall–Kier alpha value is -1.36. The maximum atomic E-state index is 10.6. The average molecular weight is 217 g/mol. The zero-order chi connectivity index (χ0) is 10.7. The van der Waals surface area contributed by atoms with Crippen molar-refractivity contribution in [3.05, 3.63) is 27.4 Å². The molecular formula is C8H9ClN2O3. The molecule has 0 N–H and O–H groups in total. The van der Waals surface area contributed by atoms with Gasteiger partial charge in [-0.1, -0.05) is 11.6 Å². The lowest BCUT2D eigenvalue weighted by molar-refractivity contribution is -0.386. The molecule has 0 aliphatic carbocycles. The molecule has 0 saturated heterocycles. The van der Waals surface area contributed by atoms with Gasteiger partial charge in [-0.25, -0.2) is 4.98 Å². The number of pyridine rings is 1. The molecule has 14 heavy (non-hydrogen) atoms. The molecule has 0 amide bonds. The molecule has 0 aliphatic heterocycles. The van der Waals surface area contributed by atoms with E-state index < -0.39 is 4.92 Å². The molecule has 0 spiro atoms.